The molecule has 1 fully saturated rings. The van der Waals surface area contributed by atoms with Gasteiger partial charge in [-0.2, -0.15) is 4.31 Å². The molecule has 67 heavy (non-hydrogen) atoms. The maximum absolute atomic E-state index is 14.2. The van der Waals surface area contributed by atoms with Crippen LogP contribution in [-0.4, -0.2) is 84.9 Å². The van der Waals surface area contributed by atoms with Crippen LogP contribution in [0.4, 0.5) is 15.5 Å². The number of methoxy groups -OCH3 is 1. The molecule has 364 valence electrons. The highest BCUT2D eigenvalue weighted by Crippen LogP contribution is 2.45. The lowest BCUT2D eigenvalue weighted by Crippen LogP contribution is -2.52. The van der Waals surface area contributed by atoms with E-state index in [-0.39, 0.29) is 35.2 Å². The zero-order valence-electron chi connectivity index (χ0n) is 41.5. The van der Waals surface area contributed by atoms with Crippen LogP contribution in [0, 0.1) is 11.3 Å². The summed E-state index contributed by atoms with van der Waals surface area (Å²) in [5.41, 5.74) is 1.77. The molecule has 0 saturated carbocycles. The van der Waals surface area contributed by atoms with Gasteiger partial charge in [0, 0.05) is 35.8 Å². The maximum Gasteiger partial charge on any atom is 0.412 e. The Bertz CT molecular complexity index is 2520. The Balaban J connectivity index is 1.21. The number of esters is 1. The molecule has 3 aromatic carbocycles. The molecule has 2 aliphatic rings. The van der Waals surface area contributed by atoms with Crippen molar-refractivity contribution < 1.29 is 41.7 Å². The SMILES string of the molecule is COc1ccc(S(=O)(=O)N(CC(C)C)C[C@H]2OC(C)(C)N(C(=O)OC(C)(C)C)[C@H]2Cc2ccc(NCc3ccccc3C(=O)Nc3sc4c(c3C(=O)OC(C)(C)C)CC(C)(C)CC4)cc2)cc1. The minimum atomic E-state index is -3.97. The molecule has 0 unspecified atom stereocenters. The number of fused-ring (bicyclic) bond motifs is 1. The molecule has 4 aromatic rings. The summed E-state index contributed by atoms with van der Waals surface area (Å²) in [6, 6.07) is 20.9. The molecule has 2 atom stereocenters. The van der Waals surface area contributed by atoms with Crippen LogP contribution < -0.4 is 15.4 Å². The summed E-state index contributed by atoms with van der Waals surface area (Å²) in [6.07, 6.45) is 1.64. The van der Waals surface area contributed by atoms with Crippen LogP contribution in [0.5, 0.6) is 5.75 Å². The van der Waals surface area contributed by atoms with Crippen LogP contribution in [0.3, 0.4) is 0 Å². The van der Waals surface area contributed by atoms with Gasteiger partial charge in [0.1, 0.15) is 27.7 Å². The molecular formula is C52H70N4O9S2. The van der Waals surface area contributed by atoms with Crippen molar-refractivity contribution in [3.05, 3.63) is 105 Å². The topological polar surface area (TPSA) is 153 Å². The number of nitrogens with one attached hydrogen (secondary N) is 2. The predicted octanol–water partition coefficient (Wildman–Crippen LogP) is 10.7. The quantitative estimate of drug-likeness (QED) is 0.110. The lowest BCUT2D eigenvalue weighted by Gasteiger charge is -2.35. The first-order chi connectivity index (χ1) is 31.2. The molecule has 0 spiro atoms. The Morgan fingerprint density at radius 3 is 2.16 bits per heavy atom. The van der Waals surface area contributed by atoms with Crippen LogP contribution in [0.2, 0.25) is 0 Å². The molecule has 0 bridgehead atoms. The fourth-order valence-corrected chi connectivity index (χ4v) is 11.5. The third-order valence-electron chi connectivity index (χ3n) is 11.8. The summed E-state index contributed by atoms with van der Waals surface area (Å²) in [4.78, 5) is 44.6. The first-order valence-corrected chi connectivity index (χ1v) is 25.4. The van der Waals surface area contributed by atoms with Crippen LogP contribution in [0.15, 0.2) is 77.7 Å². The Kier molecular flexibility index (Phi) is 15.3. The highest BCUT2D eigenvalue weighted by molar-refractivity contribution is 7.89. The predicted molar refractivity (Wildman–Crippen MR) is 265 cm³/mol. The molecule has 1 aliphatic heterocycles. The first-order valence-electron chi connectivity index (χ1n) is 23.1. The molecule has 1 aromatic heterocycles. The van der Waals surface area contributed by atoms with Crippen molar-refractivity contribution in [1.29, 1.82) is 0 Å². The third kappa shape index (κ3) is 12.8. The molecule has 2 N–H and O–H groups in total. The van der Waals surface area contributed by atoms with E-state index < -0.39 is 51.2 Å². The number of benzene rings is 3. The average Bonchev–Trinajstić information content (AvgIpc) is 3.69. The van der Waals surface area contributed by atoms with Gasteiger partial charge in [-0.05, 0) is 152 Å². The fraction of sp³-hybridized carbons (Fsp3) is 0.519. The fourth-order valence-electron chi connectivity index (χ4n) is 8.71. The summed E-state index contributed by atoms with van der Waals surface area (Å²) in [5, 5.41) is 7.07. The number of hydrogen-bond acceptors (Lipinski definition) is 11. The number of aryl methyl sites for hydroxylation is 1. The van der Waals surface area contributed by atoms with Crippen molar-refractivity contribution in [3.8, 4) is 5.75 Å². The van der Waals surface area contributed by atoms with Gasteiger partial charge in [0.05, 0.1) is 29.7 Å². The van der Waals surface area contributed by atoms with Crippen molar-refractivity contribution >= 4 is 50.0 Å². The van der Waals surface area contributed by atoms with Gasteiger partial charge in [-0.25, -0.2) is 18.0 Å². The van der Waals surface area contributed by atoms with Crippen LogP contribution in [0.1, 0.15) is 132 Å². The number of rotatable bonds is 15. The van der Waals surface area contributed by atoms with E-state index in [1.807, 2.05) is 97.9 Å². The number of thiophene rings is 1. The standard InChI is InChI=1S/C52H70N4O9S2/c1-33(2)31-55(67(60,61)38-24-22-37(62-13)23-25-38)32-42-41(56(52(11,12)63-42)48(59)65-50(6,7)8)28-34-18-20-36(21-19-34)53-30-35-16-14-15-17-39(35)45(57)54-46-44(47(58)64-49(3,4)5)40-29-51(9,10)27-26-43(40)66-46/h14-25,33,41-42,53H,26-32H2,1-13H3,(H,54,57)/t41-,42+/m0/s1. The largest absolute Gasteiger partial charge is 0.497 e. The van der Waals surface area contributed by atoms with Crippen LogP contribution >= 0.6 is 11.3 Å². The summed E-state index contributed by atoms with van der Waals surface area (Å²) >= 11 is 1.46. The molecular weight excluding hydrogens is 889 g/mol. The van der Waals surface area contributed by atoms with Crippen LogP contribution in [-0.2, 0) is 50.0 Å². The minimum absolute atomic E-state index is 0.000300. The summed E-state index contributed by atoms with van der Waals surface area (Å²) in [5.74, 6) is -0.199. The second-order valence-electron chi connectivity index (χ2n) is 21.3. The molecule has 6 rings (SSSR count). The third-order valence-corrected chi connectivity index (χ3v) is 14.8. The van der Waals surface area contributed by atoms with Gasteiger partial charge in [0.25, 0.3) is 5.91 Å². The summed E-state index contributed by atoms with van der Waals surface area (Å²) < 4.78 is 53.6. The number of nitrogens with zero attached hydrogens (tertiary/aromatic N) is 2. The zero-order valence-corrected chi connectivity index (χ0v) is 43.1. The van der Waals surface area contributed by atoms with Crippen LogP contribution in [0.25, 0.3) is 0 Å². The number of ether oxygens (including phenoxy) is 4. The van der Waals surface area contributed by atoms with Gasteiger partial charge in [0.2, 0.25) is 10.0 Å². The van der Waals surface area contributed by atoms with Crippen molar-refractivity contribution in [1.82, 2.24) is 9.21 Å². The van der Waals surface area contributed by atoms with E-state index in [1.54, 1.807) is 36.9 Å². The molecule has 0 radical (unpaired) electrons. The molecule has 13 nitrogen and oxygen atoms in total. The second-order valence-corrected chi connectivity index (χ2v) is 24.4. The summed E-state index contributed by atoms with van der Waals surface area (Å²) in [7, 11) is -2.44. The van der Waals surface area contributed by atoms with Gasteiger partial charge < -0.3 is 29.6 Å². The Morgan fingerprint density at radius 2 is 1.55 bits per heavy atom. The molecule has 15 heteroatoms. The number of carbonyl (C=O) groups is 3. The number of hydrogen-bond donors (Lipinski definition) is 2. The zero-order chi connectivity index (χ0) is 49.3. The van der Waals surface area contributed by atoms with Gasteiger partial charge >= 0.3 is 12.1 Å². The molecule has 1 aliphatic carbocycles. The van der Waals surface area contributed by atoms with Crippen molar-refractivity contribution in [2.45, 2.75) is 149 Å². The lowest BCUT2D eigenvalue weighted by molar-refractivity contribution is -0.0807. The van der Waals surface area contributed by atoms with E-state index in [0.29, 0.717) is 34.8 Å². The van der Waals surface area contributed by atoms with Crippen molar-refractivity contribution in [2.75, 3.05) is 30.8 Å². The number of anilines is 2. The number of amides is 2. The normalized spacial score (nSPS) is 18.1. The minimum Gasteiger partial charge on any atom is -0.497 e. The Labute approximate surface area is 401 Å². The van der Waals surface area contributed by atoms with Gasteiger partial charge in [-0.1, -0.05) is 58.0 Å². The van der Waals surface area contributed by atoms with E-state index in [4.69, 9.17) is 18.9 Å². The van der Waals surface area contributed by atoms with Gasteiger partial charge in [0.15, 0.2) is 0 Å². The second kappa shape index (κ2) is 19.9. The van der Waals surface area contributed by atoms with E-state index in [1.165, 1.54) is 34.9 Å². The lowest BCUT2D eigenvalue weighted by atomic mass is 9.76. The average molecular weight is 959 g/mol. The van der Waals surface area contributed by atoms with E-state index in [9.17, 15) is 22.8 Å². The maximum atomic E-state index is 14.2. The van der Waals surface area contributed by atoms with E-state index in [0.717, 1.165) is 46.5 Å². The highest BCUT2D eigenvalue weighted by Gasteiger charge is 2.52. The van der Waals surface area contributed by atoms with Crippen molar-refractivity contribution in [2.24, 2.45) is 11.3 Å². The van der Waals surface area contributed by atoms with Gasteiger partial charge in [-0.15, -0.1) is 11.3 Å². The molecule has 2 heterocycles. The monoisotopic (exact) mass is 958 g/mol. The van der Waals surface area contributed by atoms with Crippen molar-refractivity contribution in [3.63, 3.8) is 0 Å². The first kappa shape index (κ1) is 51.4. The smallest absolute Gasteiger partial charge is 0.412 e. The Hall–Kier alpha value is -4.96. The Morgan fingerprint density at radius 1 is 0.910 bits per heavy atom. The van der Waals surface area contributed by atoms with E-state index in [2.05, 4.69) is 24.5 Å². The molecule has 1 saturated heterocycles. The van der Waals surface area contributed by atoms with E-state index >= 15 is 0 Å². The molecule has 2 amide bonds. The number of sulfonamides is 1. The highest BCUT2D eigenvalue weighted by atomic mass is 32.2. The van der Waals surface area contributed by atoms with Gasteiger partial charge in [-0.3, -0.25) is 9.69 Å². The number of carbonyl (C=O) groups excluding carboxylic acids is 3. The summed E-state index contributed by atoms with van der Waals surface area (Å²) in [6.45, 7) is 23.5.